The number of nitrogens with zero attached hydrogens (tertiary/aromatic N) is 1. The number of rotatable bonds is 7. The molecule has 3 heteroatoms. The minimum absolute atomic E-state index is 0.471. The van der Waals surface area contributed by atoms with Crippen molar-refractivity contribution in [3.63, 3.8) is 0 Å². The maximum absolute atomic E-state index is 5.87. The molecule has 1 N–H and O–H groups in total. The molecule has 2 rings (SSSR count). The molecule has 0 aliphatic rings. The summed E-state index contributed by atoms with van der Waals surface area (Å²) in [6.45, 7) is 8.02. The van der Waals surface area contributed by atoms with Crippen LogP contribution in [0.3, 0.4) is 0 Å². The van der Waals surface area contributed by atoms with Gasteiger partial charge in [0.25, 0.3) is 0 Å². The molecule has 3 nitrogen and oxygen atoms in total. The van der Waals surface area contributed by atoms with E-state index < -0.39 is 0 Å². The molecule has 21 heavy (non-hydrogen) atoms. The Labute approximate surface area is 128 Å². The predicted molar refractivity (Wildman–Crippen MR) is 88.6 cm³/mol. The van der Waals surface area contributed by atoms with E-state index in [9.17, 15) is 0 Å². The third-order valence-electron chi connectivity index (χ3n) is 3.58. The molecule has 0 radical (unpaired) electrons. The first-order valence-electron chi connectivity index (χ1n) is 7.69. The van der Waals surface area contributed by atoms with Crippen LogP contribution in [0.5, 0.6) is 0 Å². The minimum Gasteiger partial charge on any atom is -0.463 e. The van der Waals surface area contributed by atoms with Gasteiger partial charge in [-0.2, -0.15) is 0 Å². The van der Waals surface area contributed by atoms with E-state index >= 15 is 0 Å². The van der Waals surface area contributed by atoms with E-state index in [1.165, 1.54) is 11.3 Å². The van der Waals surface area contributed by atoms with Gasteiger partial charge < -0.3 is 14.6 Å². The minimum atomic E-state index is 0.471. The van der Waals surface area contributed by atoms with Gasteiger partial charge >= 0.3 is 0 Å². The zero-order valence-electron chi connectivity index (χ0n) is 13.5. The Morgan fingerprint density at radius 2 is 1.71 bits per heavy atom. The van der Waals surface area contributed by atoms with Crippen molar-refractivity contribution in [2.24, 2.45) is 0 Å². The summed E-state index contributed by atoms with van der Waals surface area (Å²) in [5, 5.41) is 3.37. The van der Waals surface area contributed by atoms with Crippen LogP contribution in [0.15, 0.2) is 40.8 Å². The quantitative estimate of drug-likeness (QED) is 0.834. The Morgan fingerprint density at radius 1 is 1.05 bits per heavy atom. The van der Waals surface area contributed by atoms with Crippen LogP contribution in [0.2, 0.25) is 0 Å². The summed E-state index contributed by atoms with van der Waals surface area (Å²) in [6, 6.07) is 13.3. The lowest BCUT2D eigenvalue weighted by molar-refractivity contribution is 0.434. The Hall–Kier alpha value is -1.74. The summed E-state index contributed by atoms with van der Waals surface area (Å²) >= 11 is 0. The molecule has 2 aromatic rings. The van der Waals surface area contributed by atoms with Gasteiger partial charge in [0.2, 0.25) is 0 Å². The van der Waals surface area contributed by atoms with Crippen molar-refractivity contribution in [2.45, 2.75) is 46.3 Å². The topological polar surface area (TPSA) is 28.4 Å². The van der Waals surface area contributed by atoms with Crippen molar-refractivity contribution in [3.05, 3.63) is 53.5 Å². The summed E-state index contributed by atoms with van der Waals surface area (Å²) < 4.78 is 5.87. The Bertz CT molecular complexity index is 543. The molecule has 114 valence electrons. The lowest BCUT2D eigenvalue weighted by Crippen LogP contribution is -2.21. The van der Waals surface area contributed by atoms with E-state index in [1.54, 1.807) is 0 Å². The highest BCUT2D eigenvalue weighted by Crippen LogP contribution is 2.18. The second-order valence-electron chi connectivity index (χ2n) is 5.78. The van der Waals surface area contributed by atoms with Crippen LogP contribution in [0.4, 0.5) is 5.69 Å². The van der Waals surface area contributed by atoms with Gasteiger partial charge in [0.05, 0.1) is 13.1 Å². The van der Waals surface area contributed by atoms with Crippen LogP contribution in [0.1, 0.15) is 37.9 Å². The fourth-order valence-corrected chi connectivity index (χ4v) is 2.22. The van der Waals surface area contributed by atoms with E-state index in [2.05, 4.69) is 74.4 Å². The van der Waals surface area contributed by atoms with Crippen molar-refractivity contribution in [2.75, 3.05) is 11.9 Å². The van der Waals surface area contributed by atoms with Crippen LogP contribution in [0, 0.1) is 0 Å². The average molecular weight is 286 g/mol. The molecule has 1 heterocycles. The Kier molecular flexibility index (Phi) is 5.45. The SMILES string of the molecule is CCc1ccc(N(C)Cc2ccc(CNC(C)C)o2)cc1. The Balaban J connectivity index is 1.93. The van der Waals surface area contributed by atoms with Crippen LogP contribution < -0.4 is 10.2 Å². The molecule has 0 fully saturated rings. The van der Waals surface area contributed by atoms with Gasteiger partial charge in [-0.05, 0) is 36.2 Å². The number of furan rings is 1. The second-order valence-corrected chi connectivity index (χ2v) is 5.78. The summed E-state index contributed by atoms with van der Waals surface area (Å²) in [6.07, 6.45) is 1.08. The van der Waals surface area contributed by atoms with E-state index in [0.29, 0.717) is 6.04 Å². The van der Waals surface area contributed by atoms with Crippen molar-refractivity contribution in [1.29, 1.82) is 0 Å². The fourth-order valence-electron chi connectivity index (χ4n) is 2.22. The molecule has 0 unspecified atom stereocenters. The van der Waals surface area contributed by atoms with Gasteiger partial charge in [-0.15, -0.1) is 0 Å². The molecule has 0 aliphatic heterocycles. The first-order chi connectivity index (χ1) is 10.1. The lowest BCUT2D eigenvalue weighted by atomic mass is 10.1. The van der Waals surface area contributed by atoms with Crippen LogP contribution >= 0.6 is 0 Å². The number of anilines is 1. The van der Waals surface area contributed by atoms with E-state index in [-0.39, 0.29) is 0 Å². The highest BCUT2D eigenvalue weighted by atomic mass is 16.3. The van der Waals surface area contributed by atoms with Crippen LogP contribution in [-0.4, -0.2) is 13.1 Å². The van der Waals surface area contributed by atoms with Crippen LogP contribution in [-0.2, 0) is 19.5 Å². The molecule has 0 amide bonds. The van der Waals surface area contributed by atoms with Gasteiger partial charge in [-0.1, -0.05) is 32.9 Å². The molecule has 1 aromatic heterocycles. The maximum atomic E-state index is 5.87. The van der Waals surface area contributed by atoms with E-state index in [0.717, 1.165) is 31.0 Å². The summed E-state index contributed by atoms with van der Waals surface area (Å²) in [5.41, 5.74) is 2.58. The molecule has 0 saturated heterocycles. The monoisotopic (exact) mass is 286 g/mol. The third-order valence-corrected chi connectivity index (χ3v) is 3.58. The predicted octanol–water partition coefficient (Wildman–Crippen LogP) is 3.98. The molecule has 0 bridgehead atoms. The van der Waals surface area contributed by atoms with Gasteiger partial charge in [0.15, 0.2) is 0 Å². The second kappa shape index (κ2) is 7.32. The smallest absolute Gasteiger partial charge is 0.123 e. The largest absolute Gasteiger partial charge is 0.463 e. The van der Waals surface area contributed by atoms with Crippen molar-refractivity contribution in [1.82, 2.24) is 5.32 Å². The van der Waals surface area contributed by atoms with Crippen molar-refractivity contribution >= 4 is 5.69 Å². The number of nitrogens with one attached hydrogen (secondary N) is 1. The third kappa shape index (κ3) is 4.64. The standard InChI is InChI=1S/C18H26N2O/c1-5-15-6-8-16(9-7-15)20(4)13-18-11-10-17(21-18)12-19-14(2)3/h6-11,14,19H,5,12-13H2,1-4H3. The van der Waals surface area contributed by atoms with Gasteiger partial charge in [-0.25, -0.2) is 0 Å². The number of benzene rings is 1. The Morgan fingerprint density at radius 3 is 2.33 bits per heavy atom. The highest BCUT2D eigenvalue weighted by Gasteiger charge is 2.07. The number of hydrogen-bond donors (Lipinski definition) is 1. The number of aryl methyl sites for hydroxylation is 1. The molecule has 1 aromatic carbocycles. The van der Waals surface area contributed by atoms with E-state index in [4.69, 9.17) is 4.42 Å². The van der Waals surface area contributed by atoms with Crippen molar-refractivity contribution < 1.29 is 4.42 Å². The zero-order valence-corrected chi connectivity index (χ0v) is 13.5. The average Bonchev–Trinajstić information content (AvgIpc) is 2.92. The lowest BCUT2D eigenvalue weighted by Gasteiger charge is -2.18. The summed E-state index contributed by atoms with van der Waals surface area (Å²) in [4.78, 5) is 2.21. The highest BCUT2D eigenvalue weighted by molar-refractivity contribution is 5.47. The molecular weight excluding hydrogens is 260 g/mol. The maximum Gasteiger partial charge on any atom is 0.123 e. The van der Waals surface area contributed by atoms with Gasteiger partial charge in [0.1, 0.15) is 11.5 Å². The molecule has 0 saturated carbocycles. The van der Waals surface area contributed by atoms with Gasteiger partial charge in [-0.3, -0.25) is 0 Å². The molecular formula is C18H26N2O. The van der Waals surface area contributed by atoms with E-state index in [1.807, 2.05) is 0 Å². The van der Waals surface area contributed by atoms with Crippen molar-refractivity contribution in [3.8, 4) is 0 Å². The first-order valence-corrected chi connectivity index (χ1v) is 7.69. The summed E-state index contributed by atoms with van der Waals surface area (Å²) in [5.74, 6) is 1.99. The summed E-state index contributed by atoms with van der Waals surface area (Å²) in [7, 11) is 2.09. The van der Waals surface area contributed by atoms with Gasteiger partial charge in [0, 0.05) is 18.8 Å². The number of hydrogen-bond acceptors (Lipinski definition) is 3. The molecule has 0 atom stereocenters. The zero-order chi connectivity index (χ0) is 15.2. The first kappa shape index (κ1) is 15.6. The molecule has 0 aliphatic carbocycles. The molecule has 0 spiro atoms. The van der Waals surface area contributed by atoms with Crippen LogP contribution in [0.25, 0.3) is 0 Å². The normalized spacial score (nSPS) is 11.1. The fraction of sp³-hybridized carbons (Fsp3) is 0.444.